The Morgan fingerprint density at radius 1 is 0.912 bits per heavy atom. The van der Waals surface area contributed by atoms with Crippen LogP contribution in [0.25, 0.3) is 27.8 Å². The average molecular weight is 442 g/mol. The standard InChI is InChI=1S/C27H18N6O/c28-19-10-7-17(8-11-19)25-31-26-23-22(18-5-3-13-29-14-18)21-12-9-16-4-1-2-6-20(16)24(21)34-27(23)30-15-33(26)32-25/h1-15,22H,28H2/t22-/m1/s1. The van der Waals surface area contributed by atoms with Gasteiger partial charge in [-0.1, -0.05) is 42.5 Å². The van der Waals surface area contributed by atoms with Gasteiger partial charge in [0.1, 0.15) is 12.1 Å². The maximum Gasteiger partial charge on any atom is 0.228 e. The first-order valence-corrected chi connectivity index (χ1v) is 11.0. The highest BCUT2D eigenvalue weighted by atomic mass is 16.5. The van der Waals surface area contributed by atoms with Crippen LogP contribution in [0.4, 0.5) is 5.69 Å². The SMILES string of the molecule is Nc1ccc(-c2nc3c4c(ncn3n2)Oc2c(ccc3ccccc23)[C@H]4c2cccnc2)cc1. The highest BCUT2D eigenvalue weighted by Crippen LogP contribution is 2.50. The van der Waals surface area contributed by atoms with Crippen molar-refractivity contribution in [2.24, 2.45) is 0 Å². The molecule has 0 fully saturated rings. The zero-order valence-corrected chi connectivity index (χ0v) is 18.0. The summed E-state index contributed by atoms with van der Waals surface area (Å²) in [6.45, 7) is 0. The van der Waals surface area contributed by atoms with Crippen molar-refractivity contribution in [2.45, 2.75) is 5.92 Å². The molecule has 0 bridgehead atoms. The summed E-state index contributed by atoms with van der Waals surface area (Å²) in [4.78, 5) is 13.9. The maximum absolute atomic E-state index is 6.45. The molecule has 7 heteroatoms. The second kappa shape index (κ2) is 7.11. The number of pyridine rings is 1. The van der Waals surface area contributed by atoms with Crippen molar-refractivity contribution in [1.29, 1.82) is 0 Å². The van der Waals surface area contributed by atoms with Crippen LogP contribution in [-0.2, 0) is 0 Å². The molecule has 0 amide bonds. The third-order valence-corrected chi connectivity index (χ3v) is 6.28. The number of anilines is 1. The van der Waals surface area contributed by atoms with E-state index in [1.807, 2.05) is 48.7 Å². The highest BCUT2D eigenvalue weighted by Gasteiger charge is 2.34. The molecule has 7 nitrogen and oxygen atoms in total. The lowest BCUT2D eigenvalue weighted by Crippen LogP contribution is -2.15. The lowest BCUT2D eigenvalue weighted by Gasteiger charge is -2.28. The van der Waals surface area contributed by atoms with Crippen molar-refractivity contribution in [1.82, 2.24) is 24.6 Å². The van der Waals surface area contributed by atoms with E-state index < -0.39 is 0 Å². The summed E-state index contributed by atoms with van der Waals surface area (Å²) >= 11 is 0. The fraction of sp³-hybridized carbons (Fsp3) is 0.0370. The van der Waals surface area contributed by atoms with E-state index in [2.05, 4.69) is 45.4 Å². The summed E-state index contributed by atoms with van der Waals surface area (Å²) in [6, 6.07) is 24.0. The van der Waals surface area contributed by atoms with Gasteiger partial charge < -0.3 is 10.5 Å². The normalized spacial score (nSPS) is 14.5. The van der Waals surface area contributed by atoms with E-state index in [0.717, 1.165) is 38.8 Å². The molecule has 0 spiro atoms. The molecular formula is C27H18N6O. The van der Waals surface area contributed by atoms with E-state index in [9.17, 15) is 0 Å². The Kier molecular flexibility index (Phi) is 3.92. The predicted molar refractivity (Wildman–Crippen MR) is 130 cm³/mol. The van der Waals surface area contributed by atoms with Crippen molar-refractivity contribution in [3.05, 3.63) is 108 Å². The molecule has 1 aliphatic rings. The number of nitrogen functional groups attached to an aromatic ring is 1. The van der Waals surface area contributed by atoms with Crippen molar-refractivity contribution >= 4 is 22.1 Å². The molecule has 0 radical (unpaired) electrons. The van der Waals surface area contributed by atoms with Crippen molar-refractivity contribution < 1.29 is 4.74 Å². The number of benzene rings is 3. The minimum atomic E-state index is -0.156. The fourth-order valence-electron chi connectivity index (χ4n) is 4.69. The van der Waals surface area contributed by atoms with Crippen molar-refractivity contribution in [3.63, 3.8) is 0 Å². The molecular weight excluding hydrogens is 424 g/mol. The first-order chi connectivity index (χ1) is 16.8. The van der Waals surface area contributed by atoms with Crippen molar-refractivity contribution in [3.8, 4) is 23.0 Å². The number of hydrogen-bond donors (Lipinski definition) is 1. The molecule has 1 atom stereocenters. The first-order valence-electron chi connectivity index (χ1n) is 11.0. The van der Waals surface area contributed by atoms with Crippen LogP contribution in [-0.4, -0.2) is 24.6 Å². The number of nitrogens with zero attached hydrogens (tertiary/aromatic N) is 5. The fourth-order valence-corrected chi connectivity index (χ4v) is 4.69. The third-order valence-electron chi connectivity index (χ3n) is 6.28. The van der Waals surface area contributed by atoms with Crippen molar-refractivity contribution in [2.75, 3.05) is 5.73 Å². The number of ether oxygens (including phenoxy) is 1. The van der Waals surface area contributed by atoms with Gasteiger partial charge in [0.2, 0.25) is 5.88 Å². The van der Waals surface area contributed by atoms with Gasteiger partial charge >= 0.3 is 0 Å². The molecule has 1 aliphatic heterocycles. The van der Waals surface area contributed by atoms with Gasteiger partial charge in [0, 0.05) is 40.5 Å². The van der Waals surface area contributed by atoms with E-state index >= 15 is 0 Å². The van der Waals surface area contributed by atoms with Gasteiger partial charge in [-0.2, -0.15) is 0 Å². The molecule has 0 saturated heterocycles. The molecule has 0 saturated carbocycles. The lowest BCUT2D eigenvalue weighted by atomic mass is 9.83. The Morgan fingerprint density at radius 2 is 1.79 bits per heavy atom. The van der Waals surface area contributed by atoms with Gasteiger partial charge in [-0.05, 0) is 41.3 Å². The minimum Gasteiger partial charge on any atom is -0.438 e. The maximum atomic E-state index is 6.45. The van der Waals surface area contributed by atoms with Crippen LogP contribution in [0.3, 0.4) is 0 Å². The topological polar surface area (TPSA) is 91.2 Å². The van der Waals surface area contributed by atoms with Crippen LogP contribution in [0.5, 0.6) is 11.6 Å². The summed E-state index contributed by atoms with van der Waals surface area (Å²) in [7, 11) is 0. The second-order valence-corrected chi connectivity index (χ2v) is 8.32. The first kappa shape index (κ1) is 18.8. The largest absolute Gasteiger partial charge is 0.438 e. The Labute approximate surface area is 194 Å². The molecule has 2 N–H and O–H groups in total. The van der Waals surface area contributed by atoms with E-state index in [1.54, 1.807) is 17.0 Å². The summed E-state index contributed by atoms with van der Waals surface area (Å²) < 4.78 is 8.16. The highest BCUT2D eigenvalue weighted by molar-refractivity contribution is 5.91. The Bertz CT molecular complexity index is 1690. The summed E-state index contributed by atoms with van der Waals surface area (Å²) in [5, 5.41) is 6.85. The monoisotopic (exact) mass is 442 g/mol. The molecule has 6 aromatic rings. The summed E-state index contributed by atoms with van der Waals surface area (Å²) in [6.07, 6.45) is 5.32. The number of aromatic nitrogens is 5. The van der Waals surface area contributed by atoms with Gasteiger partial charge in [-0.25, -0.2) is 14.5 Å². The van der Waals surface area contributed by atoms with Crippen LogP contribution < -0.4 is 10.5 Å². The Hall–Kier alpha value is -4.78. The summed E-state index contributed by atoms with van der Waals surface area (Å²) in [5.41, 5.74) is 11.1. The van der Waals surface area contributed by atoms with Gasteiger partial charge in [-0.15, -0.1) is 5.10 Å². The molecule has 162 valence electrons. The predicted octanol–water partition coefficient (Wildman–Crippen LogP) is 5.21. The molecule has 0 unspecified atom stereocenters. The van der Waals surface area contributed by atoms with E-state index in [-0.39, 0.29) is 5.92 Å². The molecule has 3 aromatic heterocycles. The zero-order valence-electron chi connectivity index (χ0n) is 18.0. The number of fused-ring (bicyclic) bond motifs is 6. The van der Waals surface area contributed by atoms with Crippen LogP contribution >= 0.6 is 0 Å². The lowest BCUT2D eigenvalue weighted by molar-refractivity contribution is 0.437. The Morgan fingerprint density at radius 3 is 2.65 bits per heavy atom. The van der Waals surface area contributed by atoms with E-state index in [1.165, 1.54) is 0 Å². The van der Waals surface area contributed by atoms with E-state index in [0.29, 0.717) is 23.0 Å². The summed E-state index contributed by atoms with van der Waals surface area (Å²) in [5.74, 6) is 1.79. The quantitative estimate of drug-likeness (QED) is 0.370. The van der Waals surface area contributed by atoms with Gasteiger partial charge in [0.25, 0.3) is 0 Å². The minimum absolute atomic E-state index is 0.156. The third kappa shape index (κ3) is 2.77. The molecule has 7 rings (SSSR count). The van der Waals surface area contributed by atoms with Gasteiger partial charge in [0.15, 0.2) is 11.5 Å². The molecule has 34 heavy (non-hydrogen) atoms. The van der Waals surface area contributed by atoms with Gasteiger partial charge in [-0.3, -0.25) is 4.98 Å². The molecule has 4 heterocycles. The smallest absolute Gasteiger partial charge is 0.228 e. The zero-order chi connectivity index (χ0) is 22.6. The average Bonchev–Trinajstić information content (AvgIpc) is 3.33. The number of hydrogen-bond acceptors (Lipinski definition) is 6. The van der Waals surface area contributed by atoms with E-state index in [4.69, 9.17) is 15.5 Å². The van der Waals surface area contributed by atoms with Crippen LogP contribution in [0.1, 0.15) is 22.6 Å². The van der Waals surface area contributed by atoms with Crippen LogP contribution in [0, 0.1) is 0 Å². The van der Waals surface area contributed by atoms with Crippen LogP contribution in [0.2, 0.25) is 0 Å². The Balaban J connectivity index is 1.51. The van der Waals surface area contributed by atoms with Gasteiger partial charge in [0.05, 0.1) is 5.56 Å². The molecule has 0 aliphatic carbocycles. The number of nitrogens with two attached hydrogens (primary N) is 1. The van der Waals surface area contributed by atoms with Crippen LogP contribution in [0.15, 0.2) is 91.5 Å². The number of rotatable bonds is 2. The second-order valence-electron chi connectivity index (χ2n) is 8.32. The molecule has 3 aromatic carbocycles.